The third kappa shape index (κ3) is 2.49. The zero-order valence-corrected chi connectivity index (χ0v) is 10.1. The van der Waals surface area contributed by atoms with Crippen molar-refractivity contribution in [1.82, 2.24) is 10.3 Å². The Labute approximate surface area is 93.5 Å². The van der Waals surface area contributed by atoms with Crippen LogP contribution in [0.3, 0.4) is 0 Å². The fourth-order valence-electron chi connectivity index (χ4n) is 1.61. The fourth-order valence-corrected chi connectivity index (χ4v) is 3.93. The van der Waals surface area contributed by atoms with Crippen LogP contribution in [0, 0.1) is 0 Å². The molecule has 1 saturated heterocycles. The molecule has 2 nitrogen and oxygen atoms in total. The van der Waals surface area contributed by atoms with Crippen LogP contribution in [0.15, 0.2) is 5.38 Å². The van der Waals surface area contributed by atoms with Crippen molar-refractivity contribution < 1.29 is 0 Å². The fraction of sp³-hybridized carbons (Fsp3) is 0.700. The molecule has 0 spiro atoms. The van der Waals surface area contributed by atoms with E-state index >= 15 is 0 Å². The Kier molecular flexibility index (Phi) is 3.84. The van der Waals surface area contributed by atoms with Gasteiger partial charge in [0.1, 0.15) is 0 Å². The lowest BCUT2D eigenvalue weighted by molar-refractivity contribution is 0.748. The Morgan fingerprint density at radius 2 is 2.57 bits per heavy atom. The normalized spacial score (nSPS) is 21.6. The maximum atomic E-state index is 4.69. The van der Waals surface area contributed by atoms with E-state index in [4.69, 9.17) is 4.98 Å². The number of aromatic nitrogens is 1. The molecule has 0 radical (unpaired) electrons. The summed E-state index contributed by atoms with van der Waals surface area (Å²) in [4.78, 5) is 4.69. The molecule has 0 aromatic carbocycles. The number of thiazole rings is 1. The molecule has 14 heavy (non-hydrogen) atoms. The predicted molar refractivity (Wildman–Crippen MR) is 64.4 cm³/mol. The standard InChI is InChI=1S/C10H16N2S2/c1-11-4-2-9-7-14-10(12-9)8-3-5-13-6-8/h7-8,11H,2-6H2,1H3. The number of nitrogens with one attached hydrogen (secondary N) is 1. The molecule has 78 valence electrons. The highest BCUT2D eigenvalue weighted by Gasteiger charge is 2.20. The van der Waals surface area contributed by atoms with E-state index in [0.717, 1.165) is 18.9 Å². The first-order chi connectivity index (χ1) is 6.90. The lowest BCUT2D eigenvalue weighted by atomic mass is 10.1. The van der Waals surface area contributed by atoms with Crippen LogP contribution in [0.4, 0.5) is 0 Å². The smallest absolute Gasteiger partial charge is 0.0967 e. The molecule has 1 fully saturated rings. The van der Waals surface area contributed by atoms with E-state index < -0.39 is 0 Å². The molecule has 1 aliphatic heterocycles. The number of likely N-dealkylation sites (N-methyl/N-ethyl adjacent to an activating group) is 1. The first-order valence-electron chi connectivity index (χ1n) is 5.07. The van der Waals surface area contributed by atoms with E-state index in [0.29, 0.717) is 0 Å². The molecular weight excluding hydrogens is 212 g/mol. The van der Waals surface area contributed by atoms with Crippen molar-refractivity contribution in [3.05, 3.63) is 16.1 Å². The average Bonchev–Trinajstić information content (AvgIpc) is 2.85. The quantitative estimate of drug-likeness (QED) is 0.854. The zero-order valence-electron chi connectivity index (χ0n) is 8.45. The van der Waals surface area contributed by atoms with E-state index in [1.807, 2.05) is 18.4 Å². The summed E-state index contributed by atoms with van der Waals surface area (Å²) in [5, 5.41) is 6.74. The van der Waals surface area contributed by atoms with E-state index in [-0.39, 0.29) is 0 Å². The minimum absolute atomic E-state index is 0.744. The highest BCUT2D eigenvalue weighted by Crippen LogP contribution is 2.33. The third-order valence-corrected chi connectivity index (χ3v) is 4.70. The Bertz CT molecular complexity index is 279. The van der Waals surface area contributed by atoms with Gasteiger partial charge in [0, 0.05) is 30.0 Å². The van der Waals surface area contributed by atoms with Crippen LogP contribution in [0.5, 0.6) is 0 Å². The molecule has 0 aliphatic carbocycles. The van der Waals surface area contributed by atoms with Gasteiger partial charge < -0.3 is 5.32 Å². The summed E-state index contributed by atoms with van der Waals surface area (Å²) in [6.07, 6.45) is 2.39. The maximum absolute atomic E-state index is 4.69. The lowest BCUT2D eigenvalue weighted by Gasteiger charge is -2.01. The molecule has 1 aliphatic rings. The molecule has 1 unspecified atom stereocenters. The monoisotopic (exact) mass is 228 g/mol. The number of hydrogen-bond acceptors (Lipinski definition) is 4. The number of hydrogen-bond donors (Lipinski definition) is 1. The Morgan fingerprint density at radius 1 is 1.64 bits per heavy atom. The molecule has 4 heteroatoms. The third-order valence-electron chi connectivity index (χ3n) is 2.48. The Morgan fingerprint density at radius 3 is 3.29 bits per heavy atom. The molecule has 1 N–H and O–H groups in total. The zero-order chi connectivity index (χ0) is 9.80. The molecule has 2 heterocycles. The summed E-state index contributed by atoms with van der Waals surface area (Å²) in [7, 11) is 1.99. The molecule has 0 saturated carbocycles. The van der Waals surface area contributed by atoms with E-state index in [1.54, 1.807) is 0 Å². The number of thioether (sulfide) groups is 1. The van der Waals surface area contributed by atoms with E-state index in [9.17, 15) is 0 Å². The van der Waals surface area contributed by atoms with Crippen molar-refractivity contribution in [2.75, 3.05) is 25.1 Å². The van der Waals surface area contributed by atoms with Crippen molar-refractivity contribution in [1.29, 1.82) is 0 Å². The predicted octanol–water partition coefficient (Wildman–Crippen LogP) is 2.13. The minimum Gasteiger partial charge on any atom is -0.319 e. The average molecular weight is 228 g/mol. The van der Waals surface area contributed by atoms with Crippen LogP contribution in [0.1, 0.15) is 23.0 Å². The largest absolute Gasteiger partial charge is 0.319 e. The van der Waals surface area contributed by atoms with Gasteiger partial charge in [-0.1, -0.05) is 0 Å². The van der Waals surface area contributed by atoms with Crippen molar-refractivity contribution in [3.8, 4) is 0 Å². The van der Waals surface area contributed by atoms with Crippen LogP contribution < -0.4 is 5.32 Å². The second-order valence-electron chi connectivity index (χ2n) is 3.59. The van der Waals surface area contributed by atoms with Crippen LogP contribution in [0.2, 0.25) is 0 Å². The van der Waals surface area contributed by atoms with Gasteiger partial charge in [0.15, 0.2) is 0 Å². The number of nitrogens with zero attached hydrogens (tertiary/aromatic N) is 1. The van der Waals surface area contributed by atoms with Gasteiger partial charge in [-0.05, 0) is 19.2 Å². The van der Waals surface area contributed by atoms with Gasteiger partial charge in [0.2, 0.25) is 0 Å². The summed E-state index contributed by atoms with van der Waals surface area (Å²) < 4.78 is 0. The molecule has 2 rings (SSSR count). The SMILES string of the molecule is CNCCc1csc(C2CCSC2)n1. The topological polar surface area (TPSA) is 24.9 Å². The van der Waals surface area contributed by atoms with Gasteiger partial charge in [0.25, 0.3) is 0 Å². The Hall–Kier alpha value is -0.0600. The van der Waals surface area contributed by atoms with Crippen molar-refractivity contribution in [2.45, 2.75) is 18.8 Å². The first-order valence-corrected chi connectivity index (χ1v) is 7.10. The van der Waals surface area contributed by atoms with Crippen molar-refractivity contribution in [3.63, 3.8) is 0 Å². The van der Waals surface area contributed by atoms with Gasteiger partial charge in [0.05, 0.1) is 10.7 Å². The van der Waals surface area contributed by atoms with Crippen molar-refractivity contribution >= 4 is 23.1 Å². The Balaban J connectivity index is 1.94. The van der Waals surface area contributed by atoms with Crippen LogP contribution >= 0.6 is 23.1 Å². The second kappa shape index (κ2) is 5.14. The highest BCUT2D eigenvalue weighted by molar-refractivity contribution is 7.99. The molecule has 1 aromatic heterocycles. The van der Waals surface area contributed by atoms with Crippen molar-refractivity contribution in [2.24, 2.45) is 0 Å². The van der Waals surface area contributed by atoms with E-state index in [2.05, 4.69) is 22.5 Å². The van der Waals surface area contributed by atoms with Gasteiger partial charge in [-0.3, -0.25) is 0 Å². The van der Waals surface area contributed by atoms with Crippen LogP contribution in [0.25, 0.3) is 0 Å². The summed E-state index contributed by atoms with van der Waals surface area (Å²) in [5.41, 5.74) is 1.26. The van der Waals surface area contributed by atoms with Gasteiger partial charge in [-0.2, -0.15) is 11.8 Å². The summed E-state index contributed by atoms with van der Waals surface area (Å²) in [5.74, 6) is 3.34. The first kappa shape index (κ1) is 10.5. The van der Waals surface area contributed by atoms with E-state index in [1.165, 1.54) is 28.6 Å². The summed E-state index contributed by atoms with van der Waals surface area (Å²) >= 11 is 3.90. The van der Waals surface area contributed by atoms with Gasteiger partial charge >= 0.3 is 0 Å². The second-order valence-corrected chi connectivity index (χ2v) is 5.63. The number of rotatable bonds is 4. The summed E-state index contributed by atoms with van der Waals surface area (Å²) in [6.45, 7) is 1.03. The van der Waals surface area contributed by atoms with Gasteiger partial charge in [-0.15, -0.1) is 11.3 Å². The molecule has 1 aromatic rings. The molecule has 0 bridgehead atoms. The van der Waals surface area contributed by atoms with Gasteiger partial charge in [-0.25, -0.2) is 4.98 Å². The highest BCUT2D eigenvalue weighted by atomic mass is 32.2. The van der Waals surface area contributed by atoms with Crippen LogP contribution in [-0.2, 0) is 6.42 Å². The minimum atomic E-state index is 0.744. The molecular formula is C10H16N2S2. The lowest BCUT2D eigenvalue weighted by Crippen LogP contribution is -2.10. The molecule has 1 atom stereocenters. The molecule has 0 amide bonds. The maximum Gasteiger partial charge on any atom is 0.0967 e. The van der Waals surface area contributed by atoms with Crippen LogP contribution in [-0.4, -0.2) is 30.1 Å². The summed E-state index contributed by atoms with van der Waals surface area (Å²) in [6, 6.07) is 0.